The van der Waals surface area contributed by atoms with E-state index in [9.17, 15) is 14.7 Å². The third-order valence-electron chi connectivity index (χ3n) is 6.05. The summed E-state index contributed by atoms with van der Waals surface area (Å²) < 4.78 is 12.4. The molecule has 0 radical (unpaired) electrons. The number of H-pyrrole nitrogens is 2. The van der Waals surface area contributed by atoms with Crippen LogP contribution in [0.3, 0.4) is 0 Å². The number of aromatic hydroxyl groups is 1. The second kappa shape index (κ2) is 11.7. The summed E-state index contributed by atoms with van der Waals surface area (Å²) in [5, 5.41) is 23.2. The molecule has 2 heterocycles. The van der Waals surface area contributed by atoms with Crippen LogP contribution in [-0.2, 0) is 6.54 Å². The number of nitrogens with one attached hydrogen (secondary N) is 3. The fourth-order valence-electron chi connectivity index (χ4n) is 4.32. The Bertz CT molecular complexity index is 1600. The summed E-state index contributed by atoms with van der Waals surface area (Å²) in [6, 6.07) is 8.76. The van der Waals surface area contributed by atoms with Crippen LogP contribution in [0.25, 0.3) is 11.3 Å². The number of amides is 1. The van der Waals surface area contributed by atoms with E-state index in [4.69, 9.17) is 14.5 Å². The number of hydrogen-bond donors (Lipinski definition) is 4. The Morgan fingerprint density at radius 2 is 1.87 bits per heavy atom. The van der Waals surface area contributed by atoms with Crippen molar-refractivity contribution in [3.05, 3.63) is 74.9 Å². The smallest absolute Gasteiger partial charge is 0.327 e. The number of carbonyl (C=O) groups is 1. The first-order valence-electron chi connectivity index (χ1n) is 12.4. The Kier molecular flexibility index (Phi) is 8.13. The van der Waals surface area contributed by atoms with Gasteiger partial charge in [-0.05, 0) is 44.9 Å². The van der Waals surface area contributed by atoms with Gasteiger partial charge < -0.3 is 24.9 Å². The normalized spacial score (nSPS) is 11.5. The van der Waals surface area contributed by atoms with Crippen LogP contribution >= 0.6 is 0 Å². The van der Waals surface area contributed by atoms with Crippen molar-refractivity contribution in [3.8, 4) is 28.5 Å². The van der Waals surface area contributed by atoms with Gasteiger partial charge in [0.15, 0.2) is 11.5 Å². The molecule has 204 valence electrons. The highest BCUT2D eigenvalue weighted by atomic mass is 16.5. The van der Waals surface area contributed by atoms with Gasteiger partial charge in [0.2, 0.25) is 0 Å². The summed E-state index contributed by atoms with van der Waals surface area (Å²) in [5.74, 6) is 0.293. The van der Waals surface area contributed by atoms with Crippen molar-refractivity contribution in [2.45, 2.75) is 34.2 Å². The molecule has 0 aliphatic carbocycles. The second-order valence-electron chi connectivity index (χ2n) is 8.94. The van der Waals surface area contributed by atoms with Crippen molar-refractivity contribution in [3.63, 3.8) is 0 Å². The number of aromatic amines is 2. The zero-order valence-electron chi connectivity index (χ0n) is 22.5. The summed E-state index contributed by atoms with van der Waals surface area (Å²) in [4.78, 5) is 33.3. The molecule has 4 rings (SSSR count). The molecule has 0 fully saturated rings. The summed E-state index contributed by atoms with van der Waals surface area (Å²) in [7, 11) is 1.50. The number of nitrogens with zero attached hydrogens (tertiary/aromatic N) is 4. The molecule has 0 spiro atoms. The van der Waals surface area contributed by atoms with Gasteiger partial charge in [0.1, 0.15) is 16.9 Å². The average molecular weight is 534 g/mol. The largest absolute Gasteiger partial charge is 0.507 e. The standard InChI is InChI=1S/C27H31N7O5/c1-6-39-23-13-21(35)18(11-22(23)38-5)19-12-24(31-25-16(3)9-15(2)10-17(25)4)34(27(37)30-19)8-7-28-26(36)20-14-29-33-32-20/h9-14,35H,6-8H2,1-5H3,(H,28,36)(H,30,37)(H,29,32,33)/b31-24+. The lowest BCUT2D eigenvalue weighted by molar-refractivity contribution is 0.0947. The van der Waals surface area contributed by atoms with Crippen molar-refractivity contribution in [2.75, 3.05) is 20.3 Å². The van der Waals surface area contributed by atoms with Crippen molar-refractivity contribution < 1.29 is 19.4 Å². The fraction of sp³-hybridized carbons (Fsp3) is 0.296. The van der Waals surface area contributed by atoms with Crippen LogP contribution in [0.2, 0.25) is 0 Å². The first-order chi connectivity index (χ1) is 18.7. The molecule has 0 aliphatic rings. The number of carbonyl (C=O) groups excluding carboxylic acids is 1. The molecule has 4 N–H and O–H groups in total. The maximum Gasteiger partial charge on any atom is 0.327 e. The zero-order chi connectivity index (χ0) is 28.1. The number of benzene rings is 2. The van der Waals surface area contributed by atoms with E-state index in [1.54, 1.807) is 12.1 Å². The van der Waals surface area contributed by atoms with Gasteiger partial charge in [-0.3, -0.25) is 14.5 Å². The van der Waals surface area contributed by atoms with E-state index in [1.807, 2.05) is 39.8 Å². The zero-order valence-corrected chi connectivity index (χ0v) is 22.5. The average Bonchev–Trinajstić information content (AvgIpc) is 3.43. The molecule has 0 atom stereocenters. The quantitative estimate of drug-likeness (QED) is 0.257. The number of hydrogen-bond acceptors (Lipinski definition) is 8. The SMILES string of the molecule is CCOc1cc(O)c(-c2c/c(=N\c3c(C)cc(C)cc3C)n(CCNC(=O)c3cnn[nH]3)c(=O)[nH]2)cc1OC. The minimum absolute atomic E-state index is 0.0956. The number of phenols is 1. The van der Waals surface area contributed by atoms with E-state index >= 15 is 0 Å². The highest BCUT2D eigenvalue weighted by Gasteiger charge is 2.16. The lowest BCUT2D eigenvalue weighted by atomic mass is 10.1. The van der Waals surface area contributed by atoms with E-state index < -0.39 is 11.6 Å². The van der Waals surface area contributed by atoms with Crippen LogP contribution in [0.15, 0.2) is 46.3 Å². The molecular formula is C27H31N7O5. The van der Waals surface area contributed by atoms with Gasteiger partial charge in [0, 0.05) is 30.8 Å². The van der Waals surface area contributed by atoms with Crippen molar-refractivity contribution in [2.24, 2.45) is 4.99 Å². The Morgan fingerprint density at radius 3 is 2.51 bits per heavy atom. The van der Waals surface area contributed by atoms with Crippen LogP contribution < -0.4 is 26.0 Å². The van der Waals surface area contributed by atoms with E-state index in [1.165, 1.54) is 23.9 Å². The molecule has 12 nitrogen and oxygen atoms in total. The van der Waals surface area contributed by atoms with Crippen LogP contribution in [0.4, 0.5) is 5.69 Å². The lowest BCUT2D eigenvalue weighted by Crippen LogP contribution is -2.39. The van der Waals surface area contributed by atoms with Crippen LogP contribution in [0, 0.1) is 20.8 Å². The minimum Gasteiger partial charge on any atom is -0.507 e. The van der Waals surface area contributed by atoms with E-state index in [0.29, 0.717) is 34.9 Å². The highest BCUT2D eigenvalue weighted by Crippen LogP contribution is 2.38. The third-order valence-corrected chi connectivity index (χ3v) is 6.05. The van der Waals surface area contributed by atoms with Crippen molar-refractivity contribution in [1.29, 1.82) is 0 Å². The molecule has 39 heavy (non-hydrogen) atoms. The summed E-state index contributed by atoms with van der Waals surface area (Å²) >= 11 is 0. The molecule has 0 bridgehead atoms. The van der Waals surface area contributed by atoms with E-state index in [-0.39, 0.29) is 24.5 Å². The topological polar surface area (TPSA) is 160 Å². The Morgan fingerprint density at radius 1 is 1.13 bits per heavy atom. The molecule has 1 amide bonds. The maximum absolute atomic E-state index is 13.4. The van der Waals surface area contributed by atoms with Gasteiger partial charge in [0.25, 0.3) is 5.91 Å². The van der Waals surface area contributed by atoms with Gasteiger partial charge in [-0.1, -0.05) is 22.9 Å². The number of aryl methyl sites for hydroxylation is 3. The second-order valence-corrected chi connectivity index (χ2v) is 8.94. The number of aromatic nitrogens is 5. The Labute approximate surface area is 224 Å². The maximum atomic E-state index is 13.4. The first-order valence-corrected chi connectivity index (χ1v) is 12.4. The number of methoxy groups -OCH3 is 1. The van der Waals surface area contributed by atoms with E-state index in [2.05, 4.69) is 25.7 Å². The number of ether oxygens (including phenoxy) is 2. The van der Waals surface area contributed by atoms with Crippen LogP contribution in [0.5, 0.6) is 17.2 Å². The van der Waals surface area contributed by atoms with Gasteiger partial charge >= 0.3 is 5.69 Å². The highest BCUT2D eigenvalue weighted by molar-refractivity contribution is 5.91. The summed E-state index contributed by atoms with van der Waals surface area (Å²) in [6.07, 6.45) is 1.31. The number of rotatable bonds is 9. The molecule has 12 heteroatoms. The Hall–Kier alpha value is -4.87. The molecule has 2 aromatic carbocycles. The van der Waals surface area contributed by atoms with Crippen LogP contribution in [-0.4, -0.2) is 56.2 Å². The summed E-state index contributed by atoms with van der Waals surface area (Å²) in [6.45, 7) is 8.41. The Balaban J connectivity index is 1.82. The summed E-state index contributed by atoms with van der Waals surface area (Å²) in [5.41, 5.74) is 4.49. The van der Waals surface area contributed by atoms with Crippen LogP contribution in [0.1, 0.15) is 34.1 Å². The molecule has 0 unspecified atom stereocenters. The van der Waals surface area contributed by atoms with Gasteiger partial charge in [-0.2, -0.15) is 0 Å². The minimum atomic E-state index is -0.474. The lowest BCUT2D eigenvalue weighted by Gasteiger charge is -2.14. The molecular weight excluding hydrogens is 502 g/mol. The first kappa shape index (κ1) is 27.2. The molecule has 0 aliphatic heterocycles. The predicted octanol–water partition coefficient (Wildman–Crippen LogP) is 2.66. The predicted molar refractivity (Wildman–Crippen MR) is 144 cm³/mol. The third kappa shape index (κ3) is 6.00. The number of phenolic OH excluding ortho intramolecular Hbond substituents is 1. The molecule has 2 aromatic heterocycles. The van der Waals surface area contributed by atoms with Crippen molar-refractivity contribution in [1.82, 2.24) is 30.3 Å². The molecule has 4 aromatic rings. The monoisotopic (exact) mass is 533 g/mol. The van der Waals surface area contributed by atoms with Gasteiger partial charge in [0.05, 0.1) is 31.3 Å². The van der Waals surface area contributed by atoms with Gasteiger partial charge in [-0.15, -0.1) is 5.10 Å². The molecule has 0 saturated heterocycles. The molecule has 0 saturated carbocycles. The van der Waals surface area contributed by atoms with Gasteiger partial charge in [-0.25, -0.2) is 9.79 Å². The fourth-order valence-corrected chi connectivity index (χ4v) is 4.32. The van der Waals surface area contributed by atoms with Crippen molar-refractivity contribution >= 4 is 11.6 Å². The van der Waals surface area contributed by atoms with E-state index in [0.717, 1.165) is 22.4 Å².